The Hall–Kier alpha value is -3.94. The van der Waals surface area contributed by atoms with Crippen molar-refractivity contribution < 1.29 is 4.79 Å². The Bertz CT molecular complexity index is 1280. The van der Waals surface area contributed by atoms with E-state index in [0.717, 1.165) is 43.0 Å². The van der Waals surface area contributed by atoms with Gasteiger partial charge in [0.1, 0.15) is 5.69 Å². The number of nitrogens with zero attached hydrogens (tertiary/aromatic N) is 5. The first-order valence-corrected chi connectivity index (χ1v) is 10.8. The molecular weight excluding hydrogens is 402 g/mol. The van der Waals surface area contributed by atoms with Crippen LogP contribution in [0.15, 0.2) is 54.9 Å². The van der Waals surface area contributed by atoms with Crippen molar-refractivity contribution in [3.05, 3.63) is 71.7 Å². The fourth-order valence-electron chi connectivity index (χ4n) is 4.23. The molecular formula is C24H25N7O. The maximum Gasteiger partial charge on any atom is 0.250 e. The number of nitrogens with one attached hydrogen (secondary N) is 1. The van der Waals surface area contributed by atoms with Crippen LogP contribution in [0.1, 0.15) is 34.5 Å². The number of amides is 1. The van der Waals surface area contributed by atoms with Gasteiger partial charge in [-0.25, -0.2) is 15.0 Å². The number of aromatic nitrogens is 4. The molecule has 4 heterocycles. The van der Waals surface area contributed by atoms with Crippen LogP contribution in [0.3, 0.4) is 0 Å². The van der Waals surface area contributed by atoms with Crippen molar-refractivity contribution in [1.29, 1.82) is 0 Å². The summed E-state index contributed by atoms with van der Waals surface area (Å²) >= 11 is 0. The van der Waals surface area contributed by atoms with E-state index in [0.29, 0.717) is 29.3 Å². The number of hydrogen-bond donors (Lipinski definition) is 2. The molecule has 0 unspecified atom stereocenters. The Balaban J connectivity index is 1.62. The fourth-order valence-corrected chi connectivity index (χ4v) is 4.23. The van der Waals surface area contributed by atoms with Gasteiger partial charge in [0, 0.05) is 26.3 Å². The molecule has 0 saturated heterocycles. The van der Waals surface area contributed by atoms with E-state index in [9.17, 15) is 4.79 Å². The zero-order chi connectivity index (χ0) is 22.1. The molecule has 1 amide bonds. The van der Waals surface area contributed by atoms with E-state index < -0.39 is 5.91 Å². The molecule has 0 spiro atoms. The van der Waals surface area contributed by atoms with Crippen LogP contribution in [-0.2, 0) is 13.0 Å². The molecule has 8 heteroatoms. The molecule has 162 valence electrons. The maximum absolute atomic E-state index is 11.8. The van der Waals surface area contributed by atoms with E-state index in [-0.39, 0.29) is 0 Å². The summed E-state index contributed by atoms with van der Waals surface area (Å²) in [6.45, 7) is 1.62. The average Bonchev–Trinajstić information content (AvgIpc) is 3.15. The van der Waals surface area contributed by atoms with Crippen LogP contribution in [0.2, 0.25) is 0 Å². The van der Waals surface area contributed by atoms with E-state index >= 15 is 0 Å². The van der Waals surface area contributed by atoms with E-state index in [1.165, 1.54) is 5.56 Å². The third kappa shape index (κ3) is 3.64. The molecule has 1 aliphatic rings. The van der Waals surface area contributed by atoms with Gasteiger partial charge in [0.15, 0.2) is 17.5 Å². The number of fused-ring (bicyclic) bond motifs is 2. The van der Waals surface area contributed by atoms with E-state index in [2.05, 4.69) is 34.4 Å². The van der Waals surface area contributed by atoms with Gasteiger partial charge in [0.2, 0.25) is 0 Å². The van der Waals surface area contributed by atoms with Gasteiger partial charge >= 0.3 is 0 Å². The smallest absolute Gasteiger partial charge is 0.250 e. The number of carbonyl (C=O) groups excluding carboxylic acids is 1. The third-order valence-electron chi connectivity index (χ3n) is 5.83. The molecule has 3 aromatic heterocycles. The lowest BCUT2D eigenvalue weighted by Gasteiger charge is -2.23. The lowest BCUT2D eigenvalue weighted by molar-refractivity contribution is 0.100. The number of pyridine rings is 1. The molecule has 0 bridgehead atoms. The second-order valence-electron chi connectivity index (χ2n) is 8.03. The van der Waals surface area contributed by atoms with Crippen LogP contribution in [-0.4, -0.2) is 38.9 Å². The van der Waals surface area contributed by atoms with Crippen LogP contribution < -0.4 is 16.0 Å². The molecule has 0 fully saturated rings. The number of hydrogen-bond acceptors (Lipinski definition) is 6. The minimum atomic E-state index is -0.489. The number of anilines is 2. The van der Waals surface area contributed by atoms with Crippen LogP contribution >= 0.6 is 0 Å². The molecule has 0 aliphatic carbocycles. The van der Waals surface area contributed by atoms with Gasteiger partial charge in [-0.2, -0.15) is 0 Å². The molecule has 1 aromatic carbocycles. The molecule has 4 aromatic rings. The summed E-state index contributed by atoms with van der Waals surface area (Å²) in [5.74, 6) is 1.41. The molecule has 0 radical (unpaired) electrons. The number of benzene rings is 1. The van der Waals surface area contributed by atoms with Crippen LogP contribution in [0.25, 0.3) is 17.2 Å². The number of rotatable bonds is 5. The molecule has 3 N–H and O–H groups in total. The number of primary amides is 1. The van der Waals surface area contributed by atoms with Crippen molar-refractivity contribution in [2.75, 3.05) is 23.8 Å². The number of imidazole rings is 1. The van der Waals surface area contributed by atoms with Crippen molar-refractivity contribution >= 4 is 22.9 Å². The minimum absolute atomic E-state index is 0.420. The molecule has 32 heavy (non-hydrogen) atoms. The summed E-state index contributed by atoms with van der Waals surface area (Å²) in [5.41, 5.74) is 9.83. The standard InChI is InChI=1S/C24H25N7O/c1-30-12-6-5-11-18-20(30)22(26-14-16-8-3-2-4-9-16)29-23(28-18)24-27-15-19-17(21(25)32)10-7-13-31(19)24/h2-4,7-10,13,15H,5-6,11-12,14H2,1H3,(H2,25,32)(H,26,28,29). The number of carbonyl (C=O) groups is 1. The highest BCUT2D eigenvalue weighted by molar-refractivity contribution is 5.99. The van der Waals surface area contributed by atoms with Gasteiger partial charge in [-0.15, -0.1) is 0 Å². The van der Waals surface area contributed by atoms with Gasteiger partial charge in [-0.3, -0.25) is 9.20 Å². The zero-order valence-electron chi connectivity index (χ0n) is 18.0. The summed E-state index contributed by atoms with van der Waals surface area (Å²) in [5, 5.41) is 3.52. The quantitative estimate of drug-likeness (QED) is 0.507. The SMILES string of the molecule is CN1CCCCc2nc(-c3ncc4c(C(N)=O)cccn34)nc(NCc3ccccc3)c21. The van der Waals surface area contributed by atoms with Crippen molar-refractivity contribution in [2.24, 2.45) is 5.73 Å². The summed E-state index contributed by atoms with van der Waals surface area (Å²) in [4.78, 5) is 28.4. The van der Waals surface area contributed by atoms with Gasteiger partial charge in [0.25, 0.3) is 5.91 Å². The van der Waals surface area contributed by atoms with Gasteiger partial charge in [-0.05, 0) is 37.0 Å². The minimum Gasteiger partial charge on any atom is -0.370 e. The lowest BCUT2D eigenvalue weighted by atomic mass is 10.2. The highest BCUT2D eigenvalue weighted by Crippen LogP contribution is 2.33. The average molecular weight is 428 g/mol. The van der Waals surface area contributed by atoms with Crippen molar-refractivity contribution in [3.8, 4) is 11.6 Å². The second kappa shape index (κ2) is 8.30. The number of nitrogens with two attached hydrogens (primary N) is 1. The Kier molecular flexibility index (Phi) is 5.18. The second-order valence-corrected chi connectivity index (χ2v) is 8.03. The van der Waals surface area contributed by atoms with Crippen molar-refractivity contribution in [1.82, 2.24) is 19.4 Å². The first kappa shape index (κ1) is 20.0. The summed E-state index contributed by atoms with van der Waals surface area (Å²) in [6.07, 6.45) is 6.55. The molecule has 1 aliphatic heterocycles. The van der Waals surface area contributed by atoms with E-state index in [1.807, 2.05) is 28.8 Å². The first-order valence-electron chi connectivity index (χ1n) is 10.8. The van der Waals surface area contributed by atoms with Crippen molar-refractivity contribution in [2.45, 2.75) is 25.8 Å². The van der Waals surface area contributed by atoms with Crippen molar-refractivity contribution in [3.63, 3.8) is 0 Å². The van der Waals surface area contributed by atoms with Crippen LogP contribution in [0, 0.1) is 0 Å². The van der Waals surface area contributed by atoms with E-state index in [4.69, 9.17) is 15.7 Å². The number of aryl methyl sites for hydroxylation is 1. The summed E-state index contributed by atoms with van der Waals surface area (Å²) in [6, 6.07) is 13.7. The van der Waals surface area contributed by atoms with Gasteiger partial charge in [-0.1, -0.05) is 30.3 Å². The predicted molar refractivity (Wildman–Crippen MR) is 125 cm³/mol. The first-order chi connectivity index (χ1) is 15.6. The largest absolute Gasteiger partial charge is 0.370 e. The summed E-state index contributed by atoms with van der Waals surface area (Å²) < 4.78 is 1.82. The molecule has 0 atom stereocenters. The van der Waals surface area contributed by atoms with Gasteiger partial charge in [0.05, 0.1) is 23.0 Å². The highest BCUT2D eigenvalue weighted by Gasteiger charge is 2.23. The summed E-state index contributed by atoms with van der Waals surface area (Å²) in [7, 11) is 2.09. The van der Waals surface area contributed by atoms with Gasteiger partial charge < -0.3 is 16.0 Å². The lowest BCUT2D eigenvalue weighted by Crippen LogP contribution is -2.21. The Labute approximate surface area is 186 Å². The monoisotopic (exact) mass is 427 g/mol. The van der Waals surface area contributed by atoms with E-state index in [1.54, 1.807) is 18.3 Å². The zero-order valence-corrected chi connectivity index (χ0v) is 18.0. The fraction of sp³-hybridized carbons (Fsp3) is 0.250. The van der Waals surface area contributed by atoms with Crippen LogP contribution in [0.4, 0.5) is 11.5 Å². The topological polar surface area (TPSA) is 101 Å². The van der Waals surface area contributed by atoms with Crippen LogP contribution in [0.5, 0.6) is 0 Å². The third-order valence-corrected chi connectivity index (χ3v) is 5.83. The maximum atomic E-state index is 11.8. The Morgan fingerprint density at radius 1 is 1.12 bits per heavy atom. The Morgan fingerprint density at radius 3 is 2.78 bits per heavy atom. The predicted octanol–water partition coefficient (Wildman–Crippen LogP) is 3.27. The Morgan fingerprint density at radius 2 is 1.97 bits per heavy atom. The normalized spacial score (nSPS) is 13.6. The molecule has 8 nitrogen and oxygen atoms in total. The molecule has 0 saturated carbocycles. The molecule has 5 rings (SSSR count). The highest BCUT2D eigenvalue weighted by atomic mass is 16.1.